The molecular weight excluding hydrogens is 254 g/mol. The van der Waals surface area contributed by atoms with Crippen molar-refractivity contribution < 1.29 is 14.7 Å². The Hall–Kier alpha value is -1.32. The first-order chi connectivity index (χ1) is 9.63. The van der Waals surface area contributed by atoms with Gasteiger partial charge in [-0.2, -0.15) is 0 Å². The quantitative estimate of drug-likeness (QED) is 0.774. The minimum absolute atomic E-state index is 0.169. The predicted molar refractivity (Wildman–Crippen MR) is 74.9 cm³/mol. The van der Waals surface area contributed by atoms with Crippen LogP contribution < -0.4 is 5.32 Å². The number of aliphatic carboxylic acids is 1. The molecule has 4 nitrogen and oxygen atoms in total. The van der Waals surface area contributed by atoms with Crippen LogP contribution in [-0.4, -0.2) is 23.5 Å². The molecule has 2 saturated carbocycles. The molecule has 0 aromatic heterocycles. The van der Waals surface area contributed by atoms with Gasteiger partial charge in [0.2, 0.25) is 5.91 Å². The largest absolute Gasteiger partial charge is 0.481 e. The molecule has 0 spiro atoms. The van der Waals surface area contributed by atoms with E-state index in [1.165, 1.54) is 0 Å². The second-order valence-electron chi connectivity index (χ2n) is 6.69. The van der Waals surface area contributed by atoms with Crippen LogP contribution in [0.2, 0.25) is 0 Å². The van der Waals surface area contributed by atoms with Crippen molar-refractivity contribution in [2.24, 2.45) is 29.6 Å². The van der Waals surface area contributed by atoms with Gasteiger partial charge in [-0.1, -0.05) is 12.2 Å². The highest BCUT2D eigenvalue weighted by molar-refractivity contribution is 5.80. The number of hydrogen-bond donors (Lipinski definition) is 2. The van der Waals surface area contributed by atoms with Crippen LogP contribution in [0, 0.1) is 29.6 Å². The third kappa shape index (κ3) is 2.74. The zero-order valence-electron chi connectivity index (χ0n) is 11.8. The van der Waals surface area contributed by atoms with Gasteiger partial charge in [-0.05, 0) is 56.3 Å². The van der Waals surface area contributed by atoms with Gasteiger partial charge in [-0.3, -0.25) is 9.59 Å². The SMILES string of the molecule is O=C(O)C1CCC(CNC(=O)C2CC3C=CC2C3)CC1. The Morgan fingerprint density at radius 2 is 1.85 bits per heavy atom. The Bertz CT molecular complexity index is 423. The first-order valence-electron chi connectivity index (χ1n) is 7.82. The number of rotatable bonds is 4. The Morgan fingerprint density at radius 3 is 2.40 bits per heavy atom. The maximum atomic E-state index is 12.2. The van der Waals surface area contributed by atoms with Crippen LogP contribution in [0.5, 0.6) is 0 Å². The standard InChI is InChI=1S/C16H23NO3/c18-15(14-8-11-3-6-13(14)7-11)17-9-10-1-4-12(5-2-10)16(19)20/h3,6,10-14H,1-2,4-5,7-9H2,(H,17,18)(H,19,20). The summed E-state index contributed by atoms with van der Waals surface area (Å²) in [4.78, 5) is 23.1. The van der Waals surface area contributed by atoms with Crippen molar-refractivity contribution in [2.75, 3.05) is 6.54 Å². The second-order valence-corrected chi connectivity index (χ2v) is 6.69. The molecule has 3 atom stereocenters. The molecule has 0 aliphatic heterocycles. The average Bonchev–Trinajstić information content (AvgIpc) is 3.08. The average molecular weight is 277 g/mol. The van der Waals surface area contributed by atoms with Gasteiger partial charge in [0.15, 0.2) is 0 Å². The highest BCUT2D eigenvalue weighted by Crippen LogP contribution is 2.43. The van der Waals surface area contributed by atoms with E-state index >= 15 is 0 Å². The van der Waals surface area contributed by atoms with Crippen LogP contribution in [0.3, 0.4) is 0 Å². The molecule has 3 rings (SSSR count). The highest BCUT2D eigenvalue weighted by atomic mass is 16.4. The van der Waals surface area contributed by atoms with E-state index in [4.69, 9.17) is 5.11 Å². The van der Waals surface area contributed by atoms with Gasteiger partial charge in [-0.15, -0.1) is 0 Å². The van der Waals surface area contributed by atoms with Crippen molar-refractivity contribution in [1.29, 1.82) is 0 Å². The molecule has 0 aromatic rings. The molecule has 2 N–H and O–H groups in total. The fourth-order valence-electron chi connectivity index (χ4n) is 4.07. The molecule has 0 radical (unpaired) electrons. The summed E-state index contributed by atoms with van der Waals surface area (Å²) < 4.78 is 0. The second kappa shape index (κ2) is 5.58. The summed E-state index contributed by atoms with van der Waals surface area (Å²) in [6, 6.07) is 0. The lowest BCUT2D eigenvalue weighted by atomic mass is 9.82. The maximum absolute atomic E-state index is 12.2. The molecule has 3 aliphatic rings. The van der Waals surface area contributed by atoms with E-state index in [0.29, 0.717) is 17.8 Å². The number of carbonyl (C=O) groups is 2. The Kier molecular flexibility index (Phi) is 3.81. The molecule has 2 bridgehead atoms. The number of carbonyl (C=O) groups excluding carboxylic acids is 1. The van der Waals surface area contributed by atoms with E-state index < -0.39 is 5.97 Å². The van der Waals surface area contributed by atoms with E-state index in [2.05, 4.69) is 17.5 Å². The minimum Gasteiger partial charge on any atom is -0.481 e. The van der Waals surface area contributed by atoms with Gasteiger partial charge in [0.05, 0.1) is 5.92 Å². The van der Waals surface area contributed by atoms with Crippen LogP contribution in [-0.2, 0) is 9.59 Å². The number of hydrogen-bond acceptors (Lipinski definition) is 2. The number of fused-ring (bicyclic) bond motifs is 2. The minimum atomic E-state index is -0.666. The van der Waals surface area contributed by atoms with E-state index in [9.17, 15) is 9.59 Å². The summed E-state index contributed by atoms with van der Waals surface area (Å²) in [6.07, 6.45) is 9.99. The fraction of sp³-hybridized carbons (Fsp3) is 0.750. The van der Waals surface area contributed by atoms with E-state index in [-0.39, 0.29) is 17.7 Å². The highest BCUT2D eigenvalue weighted by Gasteiger charge is 2.39. The third-order valence-electron chi connectivity index (χ3n) is 5.38. The zero-order chi connectivity index (χ0) is 14.1. The molecule has 3 aliphatic carbocycles. The summed E-state index contributed by atoms with van der Waals surface area (Å²) in [5.74, 6) is 1.11. The molecule has 3 unspecified atom stereocenters. The van der Waals surface area contributed by atoms with Crippen molar-refractivity contribution in [3.05, 3.63) is 12.2 Å². The van der Waals surface area contributed by atoms with Gasteiger partial charge in [0.25, 0.3) is 0 Å². The predicted octanol–water partition coefficient (Wildman–Crippen LogP) is 2.21. The molecule has 0 saturated heterocycles. The van der Waals surface area contributed by atoms with Crippen molar-refractivity contribution in [1.82, 2.24) is 5.32 Å². The fourth-order valence-corrected chi connectivity index (χ4v) is 4.07. The zero-order valence-corrected chi connectivity index (χ0v) is 11.8. The topological polar surface area (TPSA) is 66.4 Å². The monoisotopic (exact) mass is 277 g/mol. The van der Waals surface area contributed by atoms with Crippen LogP contribution in [0.25, 0.3) is 0 Å². The lowest BCUT2D eigenvalue weighted by molar-refractivity contribution is -0.143. The van der Waals surface area contributed by atoms with Crippen LogP contribution in [0.4, 0.5) is 0 Å². The number of carboxylic acid groups (broad SMARTS) is 1. The smallest absolute Gasteiger partial charge is 0.306 e. The first kappa shape index (κ1) is 13.7. The van der Waals surface area contributed by atoms with Crippen LogP contribution >= 0.6 is 0 Å². The van der Waals surface area contributed by atoms with Crippen LogP contribution in [0.1, 0.15) is 38.5 Å². The normalized spacial score (nSPS) is 38.9. The van der Waals surface area contributed by atoms with Gasteiger partial charge in [0, 0.05) is 12.5 Å². The lowest BCUT2D eigenvalue weighted by Gasteiger charge is -2.27. The maximum Gasteiger partial charge on any atom is 0.306 e. The summed E-state index contributed by atoms with van der Waals surface area (Å²) in [5, 5.41) is 12.1. The number of amides is 1. The number of allylic oxidation sites excluding steroid dienone is 2. The number of carboxylic acids is 1. The molecule has 0 aromatic carbocycles. The van der Waals surface area contributed by atoms with Crippen molar-refractivity contribution in [3.8, 4) is 0 Å². The van der Waals surface area contributed by atoms with Crippen molar-refractivity contribution >= 4 is 11.9 Å². The molecule has 2 fully saturated rings. The third-order valence-corrected chi connectivity index (χ3v) is 5.38. The van der Waals surface area contributed by atoms with E-state index in [1.54, 1.807) is 0 Å². The Labute approximate surface area is 119 Å². The number of nitrogens with one attached hydrogen (secondary N) is 1. The van der Waals surface area contributed by atoms with Crippen molar-refractivity contribution in [3.63, 3.8) is 0 Å². The van der Waals surface area contributed by atoms with Gasteiger partial charge in [0.1, 0.15) is 0 Å². The first-order valence-corrected chi connectivity index (χ1v) is 7.82. The van der Waals surface area contributed by atoms with Crippen LogP contribution in [0.15, 0.2) is 12.2 Å². The van der Waals surface area contributed by atoms with Gasteiger partial charge in [-0.25, -0.2) is 0 Å². The van der Waals surface area contributed by atoms with Gasteiger partial charge < -0.3 is 10.4 Å². The lowest BCUT2D eigenvalue weighted by Crippen LogP contribution is -2.37. The van der Waals surface area contributed by atoms with Crippen molar-refractivity contribution in [2.45, 2.75) is 38.5 Å². The summed E-state index contributed by atoms with van der Waals surface area (Å²) in [7, 11) is 0. The summed E-state index contributed by atoms with van der Waals surface area (Å²) >= 11 is 0. The molecule has 1 amide bonds. The molecule has 20 heavy (non-hydrogen) atoms. The molecule has 0 heterocycles. The Morgan fingerprint density at radius 1 is 1.10 bits per heavy atom. The van der Waals surface area contributed by atoms with Gasteiger partial charge >= 0.3 is 5.97 Å². The summed E-state index contributed by atoms with van der Waals surface area (Å²) in [5.41, 5.74) is 0. The molecular formula is C16H23NO3. The van der Waals surface area contributed by atoms with E-state index in [1.807, 2.05) is 0 Å². The van der Waals surface area contributed by atoms with E-state index in [0.717, 1.165) is 45.1 Å². The summed E-state index contributed by atoms with van der Waals surface area (Å²) in [6.45, 7) is 0.725. The Balaban J connectivity index is 1.41. The molecule has 110 valence electrons. The molecule has 4 heteroatoms.